The Kier molecular flexibility index (Phi) is 2.78. The molecule has 1 N–H and O–H groups in total. The lowest BCUT2D eigenvalue weighted by Gasteiger charge is -2.11. The number of hydrogen-bond donors (Lipinski definition) is 1. The van der Waals surface area contributed by atoms with Crippen LogP contribution in [-0.2, 0) is 7.05 Å². The predicted molar refractivity (Wildman–Crippen MR) is 65.2 cm³/mol. The van der Waals surface area contributed by atoms with Gasteiger partial charge in [-0.05, 0) is 13.8 Å². The van der Waals surface area contributed by atoms with Crippen molar-refractivity contribution in [3.05, 3.63) is 45.5 Å². The summed E-state index contributed by atoms with van der Waals surface area (Å²) < 4.78 is 3.28. The zero-order valence-corrected chi connectivity index (χ0v) is 10.3. The van der Waals surface area contributed by atoms with E-state index in [9.17, 15) is 9.59 Å². The van der Waals surface area contributed by atoms with Gasteiger partial charge in [-0.2, -0.15) is 5.10 Å². The van der Waals surface area contributed by atoms with E-state index in [4.69, 9.17) is 5.11 Å². The van der Waals surface area contributed by atoms with E-state index in [0.717, 1.165) is 5.69 Å². The minimum absolute atomic E-state index is 0.251. The average molecular weight is 247 g/mol. The van der Waals surface area contributed by atoms with Gasteiger partial charge in [-0.3, -0.25) is 9.48 Å². The van der Waals surface area contributed by atoms with Gasteiger partial charge in [0.05, 0.1) is 5.69 Å². The van der Waals surface area contributed by atoms with E-state index in [1.807, 2.05) is 13.0 Å². The van der Waals surface area contributed by atoms with Crippen molar-refractivity contribution >= 4 is 5.97 Å². The molecule has 2 aromatic rings. The lowest BCUT2D eigenvalue weighted by atomic mass is 10.2. The topological polar surface area (TPSA) is 77.1 Å². The molecule has 94 valence electrons. The molecule has 2 heterocycles. The molecule has 0 aromatic carbocycles. The SMILES string of the molecule is Cc1cc(-n2cc(C(=O)O)c(=O)cc2C)n(C)n1. The molecule has 0 saturated carbocycles. The number of aryl methyl sites for hydroxylation is 3. The number of carboxylic acids is 1. The van der Waals surface area contributed by atoms with Crippen molar-refractivity contribution in [2.75, 3.05) is 0 Å². The summed E-state index contributed by atoms with van der Waals surface area (Å²) in [6, 6.07) is 3.13. The van der Waals surface area contributed by atoms with Crippen molar-refractivity contribution in [2.45, 2.75) is 13.8 Å². The Morgan fingerprint density at radius 1 is 1.33 bits per heavy atom. The van der Waals surface area contributed by atoms with Crippen LogP contribution in [0.5, 0.6) is 0 Å². The zero-order valence-electron chi connectivity index (χ0n) is 10.3. The summed E-state index contributed by atoms with van der Waals surface area (Å²) in [5.41, 5.74) is 0.741. The molecule has 0 aliphatic heterocycles. The van der Waals surface area contributed by atoms with Gasteiger partial charge >= 0.3 is 5.97 Å². The highest BCUT2D eigenvalue weighted by atomic mass is 16.4. The van der Waals surface area contributed by atoms with Crippen LogP contribution in [0.4, 0.5) is 0 Å². The molecule has 0 spiro atoms. The lowest BCUT2D eigenvalue weighted by Crippen LogP contribution is -2.19. The average Bonchev–Trinajstić information content (AvgIpc) is 2.57. The molecule has 0 saturated heterocycles. The quantitative estimate of drug-likeness (QED) is 0.854. The molecule has 0 unspecified atom stereocenters. The highest BCUT2D eigenvalue weighted by Crippen LogP contribution is 2.11. The number of pyridine rings is 1. The molecule has 0 atom stereocenters. The fourth-order valence-electron chi connectivity index (χ4n) is 1.86. The molecule has 2 rings (SSSR count). The molecule has 0 fully saturated rings. The third kappa shape index (κ3) is 1.92. The van der Waals surface area contributed by atoms with Gasteiger partial charge in [0.15, 0.2) is 5.43 Å². The van der Waals surface area contributed by atoms with Gasteiger partial charge in [0, 0.05) is 31.1 Å². The third-order valence-corrected chi connectivity index (χ3v) is 2.70. The molecule has 0 aliphatic rings. The van der Waals surface area contributed by atoms with Gasteiger partial charge in [0.1, 0.15) is 11.4 Å². The number of carbonyl (C=O) groups is 1. The maximum Gasteiger partial charge on any atom is 0.341 e. The molecular weight excluding hydrogens is 234 g/mol. The Morgan fingerprint density at radius 2 is 2.00 bits per heavy atom. The van der Waals surface area contributed by atoms with Gasteiger partial charge in [0.2, 0.25) is 0 Å². The highest BCUT2D eigenvalue weighted by Gasteiger charge is 2.13. The minimum atomic E-state index is -1.23. The number of nitrogens with zero attached hydrogens (tertiary/aromatic N) is 3. The number of rotatable bonds is 2. The Balaban J connectivity index is 2.72. The van der Waals surface area contributed by atoms with Crippen LogP contribution in [-0.4, -0.2) is 25.4 Å². The lowest BCUT2D eigenvalue weighted by molar-refractivity contribution is 0.0694. The zero-order chi connectivity index (χ0) is 13.4. The molecule has 6 heteroatoms. The van der Waals surface area contributed by atoms with E-state index in [-0.39, 0.29) is 5.56 Å². The fourth-order valence-corrected chi connectivity index (χ4v) is 1.86. The van der Waals surface area contributed by atoms with E-state index in [1.165, 1.54) is 12.3 Å². The van der Waals surface area contributed by atoms with Crippen LogP contribution in [0.15, 0.2) is 23.1 Å². The smallest absolute Gasteiger partial charge is 0.341 e. The van der Waals surface area contributed by atoms with Crippen molar-refractivity contribution < 1.29 is 9.90 Å². The van der Waals surface area contributed by atoms with Crippen molar-refractivity contribution in [3.8, 4) is 5.82 Å². The van der Waals surface area contributed by atoms with Gasteiger partial charge in [-0.1, -0.05) is 0 Å². The Labute approximate surface area is 103 Å². The van der Waals surface area contributed by atoms with Gasteiger partial charge < -0.3 is 9.67 Å². The van der Waals surface area contributed by atoms with Crippen molar-refractivity contribution in [1.82, 2.24) is 14.3 Å². The Bertz CT molecular complexity index is 682. The molecule has 6 nitrogen and oxygen atoms in total. The number of hydrogen-bond acceptors (Lipinski definition) is 3. The first-order valence-electron chi connectivity index (χ1n) is 5.38. The second-order valence-electron chi connectivity index (χ2n) is 4.14. The first kappa shape index (κ1) is 12.1. The van der Waals surface area contributed by atoms with Crippen molar-refractivity contribution in [3.63, 3.8) is 0 Å². The van der Waals surface area contributed by atoms with E-state index >= 15 is 0 Å². The normalized spacial score (nSPS) is 10.6. The first-order valence-corrected chi connectivity index (χ1v) is 5.38. The predicted octanol–water partition coefficient (Wildman–Crippen LogP) is 0.886. The van der Waals surface area contributed by atoms with E-state index in [1.54, 1.807) is 23.2 Å². The molecule has 0 amide bonds. The molecule has 2 aromatic heterocycles. The first-order chi connectivity index (χ1) is 8.40. The van der Waals surface area contributed by atoms with E-state index in [0.29, 0.717) is 11.5 Å². The van der Waals surface area contributed by atoms with Crippen LogP contribution in [0, 0.1) is 13.8 Å². The molecule has 0 aliphatic carbocycles. The minimum Gasteiger partial charge on any atom is -0.477 e. The van der Waals surface area contributed by atoms with Gasteiger partial charge in [-0.15, -0.1) is 0 Å². The highest BCUT2D eigenvalue weighted by molar-refractivity contribution is 5.87. The largest absolute Gasteiger partial charge is 0.477 e. The maximum atomic E-state index is 11.5. The number of aromatic nitrogens is 3. The second-order valence-corrected chi connectivity index (χ2v) is 4.14. The van der Waals surface area contributed by atoms with Gasteiger partial charge in [-0.25, -0.2) is 4.79 Å². The Hall–Kier alpha value is -2.37. The third-order valence-electron chi connectivity index (χ3n) is 2.70. The molecule has 0 radical (unpaired) electrons. The summed E-state index contributed by atoms with van der Waals surface area (Å²) in [6.45, 7) is 3.59. The molecule has 18 heavy (non-hydrogen) atoms. The van der Waals surface area contributed by atoms with Crippen LogP contribution in [0.25, 0.3) is 5.82 Å². The van der Waals surface area contributed by atoms with Crippen LogP contribution in [0.1, 0.15) is 21.7 Å². The summed E-state index contributed by atoms with van der Waals surface area (Å²) in [6.07, 6.45) is 1.33. The number of aromatic carboxylic acids is 1. The van der Waals surface area contributed by atoms with Crippen molar-refractivity contribution in [2.24, 2.45) is 7.05 Å². The van der Waals surface area contributed by atoms with E-state index < -0.39 is 11.4 Å². The second kappa shape index (κ2) is 4.14. The van der Waals surface area contributed by atoms with Crippen LogP contribution in [0.2, 0.25) is 0 Å². The summed E-state index contributed by atoms with van der Waals surface area (Å²) in [4.78, 5) is 22.5. The molecular formula is C12H13N3O3. The maximum absolute atomic E-state index is 11.5. The fraction of sp³-hybridized carbons (Fsp3) is 0.250. The van der Waals surface area contributed by atoms with Crippen LogP contribution in [0.3, 0.4) is 0 Å². The Morgan fingerprint density at radius 3 is 2.50 bits per heavy atom. The van der Waals surface area contributed by atoms with Crippen molar-refractivity contribution in [1.29, 1.82) is 0 Å². The van der Waals surface area contributed by atoms with E-state index in [2.05, 4.69) is 5.10 Å². The summed E-state index contributed by atoms with van der Waals surface area (Å²) in [5.74, 6) is -0.514. The summed E-state index contributed by atoms with van der Waals surface area (Å²) >= 11 is 0. The summed E-state index contributed by atoms with van der Waals surface area (Å²) in [5, 5.41) is 13.2. The van der Waals surface area contributed by atoms with Crippen LogP contribution >= 0.6 is 0 Å². The summed E-state index contributed by atoms with van der Waals surface area (Å²) in [7, 11) is 1.76. The standard InChI is InChI=1S/C12H13N3O3/c1-7-4-11(14(3)13-7)15-6-9(12(17)18)10(16)5-8(15)2/h4-6H,1-3H3,(H,17,18). The van der Waals surface area contributed by atoms with Crippen LogP contribution < -0.4 is 5.43 Å². The monoisotopic (exact) mass is 247 g/mol. The molecule has 0 bridgehead atoms. The van der Waals surface area contributed by atoms with Gasteiger partial charge in [0.25, 0.3) is 0 Å². The number of carboxylic acid groups (broad SMARTS) is 1.